The highest BCUT2D eigenvalue weighted by Crippen LogP contribution is 2.26. The summed E-state index contributed by atoms with van der Waals surface area (Å²) in [6.07, 6.45) is 1.55. The molecule has 0 fully saturated rings. The fourth-order valence-electron chi connectivity index (χ4n) is 3.22. The van der Waals surface area contributed by atoms with Gasteiger partial charge in [0, 0.05) is 10.7 Å². The summed E-state index contributed by atoms with van der Waals surface area (Å²) in [5.74, 6) is 1.13. The first-order valence-electron chi connectivity index (χ1n) is 10.4. The molecule has 2 heterocycles. The van der Waals surface area contributed by atoms with E-state index >= 15 is 0 Å². The molecular formula is C24H22ClN3O4S. The summed E-state index contributed by atoms with van der Waals surface area (Å²) in [6.45, 7) is 4.45. The van der Waals surface area contributed by atoms with Crippen molar-refractivity contribution in [1.82, 2.24) is 9.55 Å². The van der Waals surface area contributed by atoms with Gasteiger partial charge in [0.2, 0.25) is 5.91 Å². The maximum atomic E-state index is 13.2. The van der Waals surface area contributed by atoms with E-state index < -0.39 is 5.25 Å². The third-order valence-electron chi connectivity index (χ3n) is 4.86. The van der Waals surface area contributed by atoms with Crippen LogP contribution in [0.15, 0.2) is 75.2 Å². The quantitative estimate of drug-likeness (QED) is 0.273. The number of thioether (sulfide) groups is 1. The number of carbonyl (C=O) groups is 1. The third-order valence-corrected chi connectivity index (χ3v) is 6.19. The van der Waals surface area contributed by atoms with Crippen molar-refractivity contribution in [2.24, 2.45) is 0 Å². The van der Waals surface area contributed by atoms with Crippen LogP contribution in [0.3, 0.4) is 0 Å². The van der Waals surface area contributed by atoms with E-state index in [-0.39, 0.29) is 18.0 Å². The Bertz CT molecular complexity index is 1320. The van der Waals surface area contributed by atoms with E-state index in [1.165, 1.54) is 16.3 Å². The van der Waals surface area contributed by atoms with E-state index in [0.29, 0.717) is 39.1 Å². The summed E-state index contributed by atoms with van der Waals surface area (Å²) in [5, 5.41) is 3.69. The van der Waals surface area contributed by atoms with Gasteiger partial charge in [-0.05, 0) is 68.4 Å². The smallest absolute Gasteiger partial charge is 0.262 e. The van der Waals surface area contributed by atoms with Gasteiger partial charge in [-0.3, -0.25) is 14.2 Å². The minimum atomic E-state index is -0.525. The maximum absolute atomic E-state index is 13.2. The van der Waals surface area contributed by atoms with Crippen LogP contribution in [0.5, 0.6) is 5.75 Å². The van der Waals surface area contributed by atoms with Gasteiger partial charge >= 0.3 is 0 Å². The third kappa shape index (κ3) is 5.40. The maximum Gasteiger partial charge on any atom is 0.262 e. The number of nitrogens with one attached hydrogen (secondary N) is 1. The van der Waals surface area contributed by atoms with Crippen LogP contribution < -0.4 is 15.6 Å². The van der Waals surface area contributed by atoms with Crippen LogP contribution in [0, 0.1) is 0 Å². The predicted octanol–water partition coefficient (Wildman–Crippen LogP) is 5.21. The second-order valence-electron chi connectivity index (χ2n) is 7.23. The van der Waals surface area contributed by atoms with Crippen molar-refractivity contribution < 1.29 is 13.9 Å². The second-order valence-corrected chi connectivity index (χ2v) is 8.98. The lowest BCUT2D eigenvalue weighted by molar-refractivity contribution is -0.115. The molecule has 0 aliphatic rings. The van der Waals surface area contributed by atoms with Crippen LogP contribution >= 0.6 is 23.4 Å². The number of hydrogen-bond acceptors (Lipinski definition) is 6. The van der Waals surface area contributed by atoms with Crippen LogP contribution in [0.2, 0.25) is 5.02 Å². The topological polar surface area (TPSA) is 86.4 Å². The first-order valence-corrected chi connectivity index (χ1v) is 11.6. The van der Waals surface area contributed by atoms with Crippen molar-refractivity contribution in [1.29, 1.82) is 0 Å². The molecule has 0 bridgehead atoms. The molecule has 0 unspecified atom stereocenters. The monoisotopic (exact) mass is 483 g/mol. The molecule has 7 nitrogen and oxygen atoms in total. The van der Waals surface area contributed by atoms with E-state index in [1.54, 1.807) is 67.8 Å². The number of furan rings is 1. The molecule has 170 valence electrons. The summed E-state index contributed by atoms with van der Waals surface area (Å²) in [5.41, 5.74) is 0.904. The summed E-state index contributed by atoms with van der Waals surface area (Å²) in [6, 6.07) is 15.7. The fourth-order valence-corrected chi connectivity index (χ4v) is 4.29. The Morgan fingerprint density at radius 3 is 2.73 bits per heavy atom. The Balaban J connectivity index is 1.60. The molecule has 0 aliphatic heterocycles. The standard InChI is InChI=1S/C24H22ClN3O4S/c1-3-31-18-9-7-17(8-10-18)26-22(29)15(2)33-24-27-21-13-16(25)6-11-20(21)23(30)28(24)14-19-5-4-12-32-19/h4-13,15H,3,14H2,1-2H3,(H,26,29)/t15-/m1/s1. The van der Waals surface area contributed by atoms with Crippen LogP contribution in [-0.2, 0) is 11.3 Å². The molecule has 0 spiro atoms. The number of aromatic nitrogens is 2. The van der Waals surface area contributed by atoms with Crippen molar-refractivity contribution in [3.63, 3.8) is 0 Å². The van der Waals surface area contributed by atoms with Gasteiger partial charge in [-0.1, -0.05) is 23.4 Å². The summed E-state index contributed by atoms with van der Waals surface area (Å²) >= 11 is 7.31. The molecule has 0 saturated heterocycles. The van der Waals surface area contributed by atoms with Crippen LogP contribution in [0.1, 0.15) is 19.6 Å². The van der Waals surface area contributed by atoms with Crippen molar-refractivity contribution in [2.45, 2.75) is 30.8 Å². The Labute approximate surface area is 199 Å². The summed E-state index contributed by atoms with van der Waals surface area (Å²) in [4.78, 5) is 30.7. The van der Waals surface area contributed by atoms with Gasteiger partial charge in [-0.15, -0.1) is 0 Å². The first kappa shape index (κ1) is 22.9. The summed E-state index contributed by atoms with van der Waals surface area (Å²) in [7, 11) is 0. The average Bonchev–Trinajstić information content (AvgIpc) is 3.31. The lowest BCUT2D eigenvalue weighted by Crippen LogP contribution is -2.27. The van der Waals surface area contributed by atoms with Crippen molar-refractivity contribution in [3.05, 3.63) is 82.0 Å². The van der Waals surface area contributed by atoms with Gasteiger partial charge in [-0.2, -0.15) is 0 Å². The first-order chi connectivity index (χ1) is 15.9. The molecule has 4 aromatic rings. The fraction of sp³-hybridized carbons (Fsp3) is 0.208. The number of nitrogens with zero attached hydrogens (tertiary/aromatic N) is 2. The molecule has 1 N–H and O–H groups in total. The molecule has 0 saturated carbocycles. The number of hydrogen-bond donors (Lipinski definition) is 1. The van der Waals surface area contributed by atoms with Crippen LogP contribution in [0.25, 0.3) is 10.9 Å². The molecule has 2 aromatic carbocycles. The number of anilines is 1. The lowest BCUT2D eigenvalue weighted by atomic mass is 10.2. The Morgan fingerprint density at radius 2 is 2.03 bits per heavy atom. The van der Waals surface area contributed by atoms with Gasteiger partial charge < -0.3 is 14.5 Å². The number of halogens is 1. The largest absolute Gasteiger partial charge is 0.494 e. The molecule has 33 heavy (non-hydrogen) atoms. The van der Waals surface area contributed by atoms with E-state index in [0.717, 1.165) is 5.75 Å². The molecule has 4 rings (SSSR count). The number of ether oxygens (including phenoxy) is 1. The highest BCUT2D eigenvalue weighted by Gasteiger charge is 2.20. The van der Waals surface area contributed by atoms with E-state index in [9.17, 15) is 9.59 Å². The van der Waals surface area contributed by atoms with E-state index in [1.807, 2.05) is 6.92 Å². The van der Waals surface area contributed by atoms with Crippen LogP contribution in [0.4, 0.5) is 5.69 Å². The van der Waals surface area contributed by atoms with Gasteiger partial charge in [-0.25, -0.2) is 4.98 Å². The number of amides is 1. The molecule has 0 aliphatic carbocycles. The number of benzene rings is 2. The SMILES string of the molecule is CCOc1ccc(NC(=O)[C@@H](C)Sc2nc3cc(Cl)ccc3c(=O)n2Cc2ccco2)cc1. The van der Waals surface area contributed by atoms with Crippen LogP contribution in [-0.4, -0.2) is 27.3 Å². The highest BCUT2D eigenvalue weighted by molar-refractivity contribution is 8.00. The number of fused-ring (bicyclic) bond motifs is 1. The van der Waals surface area contributed by atoms with Gasteiger partial charge in [0.1, 0.15) is 11.5 Å². The molecule has 1 amide bonds. The zero-order valence-corrected chi connectivity index (χ0v) is 19.7. The van der Waals surface area contributed by atoms with E-state index in [4.69, 9.17) is 20.8 Å². The zero-order chi connectivity index (χ0) is 23.4. The summed E-state index contributed by atoms with van der Waals surface area (Å²) < 4.78 is 12.4. The van der Waals surface area contributed by atoms with Crippen molar-refractivity contribution in [2.75, 3.05) is 11.9 Å². The van der Waals surface area contributed by atoms with E-state index in [2.05, 4.69) is 10.3 Å². The highest BCUT2D eigenvalue weighted by atomic mass is 35.5. The molecular weight excluding hydrogens is 462 g/mol. The Morgan fingerprint density at radius 1 is 1.24 bits per heavy atom. The van der Waals surface area contributed by atoms with Gasteiger partial charge in [0.05, 0.1) is 35.6 Å². The molecule has 0 radical (unpaired) electrons. The minimum Gasteiger partial charge on any atom is -0.494 e. The Hall–Kier alpha value is -3.23. The Kier molecular flexibility index (Phi) is 7.05. The molecule has 9 heteroatoms. The van der Waals surface area contributed by atoms with Gasteiger partial charge in [0.15, 0.2) is 5.16 Å². The normalized spacial score (nSPS) is 12.0. The lowest BCUT2D eigenvalue weighted by Gasteiger charge is -2.16. The number of carbonyl (C=O) groups excluding carboxylic acids is 1. The van der Waals surface area contributed by atoms with Crippen molar-refractivity contribution >= 4 is 45.9 Å². The molecule has 1 atom stereocenters. The van der Waals surface area contributed by atoms with Crippen molar-refractivity contribution in [3.8, 4) is 5.75 Å². The predicted molar refractivity (Wildman–Crippen MR) is 130 cm³/mol. The number of rotatable bonds is 8. The second kappa shape index (κ2) is 10.1. The zero-order valence-electron chi connectivity index (χ0n) is 18.1. The van der Waals surface area contributed by atoms with Gasteiger partial charge in [0.25, 0.3) is 5.56 Å². The minimum absolute atomic E-state index is 0.201. The molecule has 2 aromatic heterocycles. The average molecular weight is 484 g/mol.